The summed E-state index contributed by atoms with van der Waals surface area (Å²) in [6, 6.07) is 1.33. The van der Waals surface area contributed by atoms with Gasteiger partial charge in [-0.05, 0) is 33.1 Å². The molecular formula is C11H22N2O. The second-order valence-electron chi connectivity index (χ2n) is 5.26. The first-order valence-corrected chi connectivity index (χ1v) is 5.77. The highest BCUT2D eigenvalue weighted by Gasteiger charge is 2.35. The van der Waals surface area contributed by atoms with Gasteiger partial charge in [-0.1, -0.05) is 0 Å². The van der Waals surface area contributed by atoms with Crippen LogP contribution in [0.5, 0.6) is 0 Å². The third-order valence-electron chi connectivity index (χ3n) is 3.63. The van der Waals surface area contributed by atoms with Crippen molar-refractivity contribution in [1.29, 1.82) is 0 Å². The Balaban J connectivity index is 1.85. The van der Waals surface area contributed by atoms with Crippen molar-refractivity contribution in [3.63, 3.8) is 0 Å². The molecule has 3 unspecified atom stereocenters. The molecule has 2 aliphatic heterocycles. The van der Waals surface area contributed by atoms with Crippen LogP contribution < -0.4 is 5.32 Å². The van der Waals surface area contributed by atoms with Gasteiger partial charge in [-0.25, -0.2) is 0 Å². The molecule has 3 atom stereocenters. The Hall–Kier alpha value is -0.120. The van der Waals surface area contributed by atoms with Crippen LogP contribution in [-0.4, -0.2) is 47.3 Å². The zero-order valence-corrected chi connectivity index (χ0v) is 9.29. The van der Waals surface area contributed by atoms with Gasteiger partial charge in [0.25, 0.3) is 0 Å². The third kappa shape index (κ3) is 2.27. The first-order valence-electron chi connectivity index (χ1n) is 5.77. The fourth-order valence-electron chi connectivity index (χ4n) is 2.59. The number of β-amino-alcohol motifs (C(OH)–C–C–N with tert-alkyl or cyclic N) is 1. The molecule has 0 aromatic heterocycles. The Labute approximate surface area is 86.5 Å². The molecule has 3 heteroatoms. The maximum absolute atomic E-state index is 9.89. The summed E-state index contributed by atoms with van der Waals surface area (Å²) < 4.78 is 0. The summed E-state index contributed by atoms with van der Waals surface area (Å²) in [5.74, 6) is 0. The summed E-state index contributed by atoms with van der Waals surface area (Å²) in [7, 11) is 0. The van der Waals surface area contributed by atoms with E-state index in [1.807, 2.05) is 6.92 Å². The van der Waals surface area contributed by atoms with Gasteiger partial charge >= 0.3 is 0 Å². The molecule has 2 fully saturated rings. The SMILES string of the molecule is CC1CCC(N2CCC(C)(O)C2)CN1. The molecular weight excluding hydrogens is 176 g/mol. The van der Waals surface area contributed by atoms with Gasteiger partial charge in [-0.15, -0.1) is 0 Å². The first-order chi connectivity index (χ1) is 6.57. The largest absolute Gasteiger partial charge is 0.389 e. The van der Waals surface area contributed by atoms with Crippen LogP contribution >= 0.6 is 0 Å². The van der Waals surface area contributed by atoms with Crippen molar-refractivity contribution >= 4 is 0 Å². The van der Waals surface area contributed by atoms with Crippen molar-refractivity contribution < 1.29 is 5.11 Å². The summed E-state index contributed by atoms with van der Waals surface area (Å²) in [6.07, 6.45) is 3.48. The average molecular weight is 198 g/mol. The fourth-order valence-corrected chi connectivity index (χ4v) is 2.59. The summed E-state index contributed by atoms with van der Waals surface area (Å²) in [6.45, 7) is 7.21. The molecule has 14 heavy (non-hydrogen) atoms. The van der Waals surface area contributed by atoms with Crippen molar-refractivity contribution in [3.8, 4) is 0 Å². The van der Waals surface area contributed by atoms with Gasteiger partial charge < -0.3 is 10.4 Å². The third-order valence-corrected chi connectivity index (χ3v) is 3.63. The average Bonchev–Trinajstić information content (AvgIpc) is 2.47. The first kappa shape index (κ1) is 10.4. The standard InChI is InChI=1S/C11H22N2O/c1-9-3-4-10(7-12-9)13-6-5-11(2,14)8-13/h9-10,12,14H,3-8H2,1-2H3. The lowest BCUT2D eigenvalue weighted by Crippen LogP contribution is -2.48. The van der Waals surface area contributed by atoms with Gasteiger partial charge in [-0.3, -0.25) is 4.90 Å². The van der Waals surface area contributed by atoms with E-state index in [0.29, 0.717) is 12.1 Å². The molecule has 0 bridgehead atoms. The summed E-state index contributed by atoms with van der Waals surface area (Å²) in [4.78, 5) is 2.44. The number of aliphatic hydroxyl groups is 1. The molecule has 3 nitrogen and oxygen atoms in total. The minimum atomic E-state index is -0.441. The van der Waals surface area contributed by atoms with Gasteiger partial charge in [-0.2, -0.15) is 0 Å². The maximum atomic E-state index is 9.89. The number of nitrogens with one attached hydrogen (secondary N) is 1. The minimum absolute atomic E-state index is 0.441. The van der Waals surface area contributed by atoms with Crippen LogP contribution in [-0.2, 0) is 0 Å². The second-order valence-corrected chi connectivity index (χ2v) is 5.26. The van der Waals surface area contributed by atoms with Crippen molar-refractivity contribution in [3.05, 3.63) is 0 Å². The molecule has 82 valence electrons. The lowest BCUT2D eigenvalue weighted by Gasteiger charge is -2.34. The van der Waals surface area contributed by atoms with E-state index in [0.717, 1.165) is 26.1 Å². The highest BCUT2D eigenvalue weighted by Crippen LogP contribution is 2.25. The molecule has 0 aromatic carbocycles. The molecule has 0 radical (unpaired) electrons. The summed E-state index contributed by atoms with van der Waals surface area (Å²) >= 11 is 0. The molecule has 0 aliphatic carbocycles. The van der Waals surface area contributed by atoms with Crippen LogP contribution in [0.1, 0.15) is 33.1 Å². The number of piperidine rings is 1. The van der Waals surface area contributed by atoms with Gasteiger partial charge in [0, 0.05) is 31.7 Å². The highest BCUT2D eigenvalue weighted by atomic mass is 16.3. The van der Waals surface area contributed by atoms with Crippen molar-refractivity contribution in [2.45, 2.75) is 50.8 Å². The van der Waals surface area contributed by atoms with E-state index in [2.05, 4.69) is 17.1 Å². The maximum Gasteiger partial charge on any atom is 0.0758 e. The van der Waals surface area contributed by atoms with E-state index in [-0.39, 0.29) is 0 Å². The normalized spacial score (nSPS) is 45.6. The van der Waals surface area contributed by atoms with Crippen LogP contribution in [0.3, 0.4) is 0 Å². The molecule has 2 rings (SSSR count). The fraction of sp³-hybridized carbons (Fsp3) is 1.00. The predicted molar refractivity (Wildman–Crippen MR) is 57.3 cm³/mol. The second kappa shape index (κ2) is 3.80. The number of rotatable bonds is 1. The molecule has 0 aromatic rings. The van der Waals surface area contributed by atoms with Crippen LogP contribution in [0.2, 0.25) is 0 Å². The minimum Gasteiger partial charge on any atom is -0.389 e. The Morgan fingerprint density at radius 1 is 1.43 bits per heavy atom. The van der Waals surface area contributed by atoms with E-state index in [9.17, 15) is 5.11 Å². The molecule has 0 spiro atoms. The van der Waals surface area contributed by atoms with E-state index >= 15 is 0 Å². The van der Waals surface area contributed by atoms with E-state index < -0.39 is 5.60 Å². The lowest BCUT2D eigenvalue weighted by molar-refractivity contribution is 0.0586. The topological polar surface area (TPSA) is 35.5 Å². The Kier molecular flexibility index (Phi) is 2.82. The van der Waals surface area contributed by atoms with Crippen LogP contribution in [0.15, 0.2) is 0 Å². The highest BCUT2D eigenvalue weighted by molar-refractivity contribution is 4.92. The van der Waals surface area contributed by atoms with Crippen LogP contribution in [0.4, 0.5) is 0 Å². The van der Waals surface area contributed by atoms with Crippen molar-refractivity contribution in [1.82, 2.24) is 10.2 Å². The molecule has 0 saturated carbocycles. The molecule has 2 heterocycles. The lowest BCUT2D eigenvalue weighted by atomic mass is 10.0. The van der Waals surface area contributed by atoms with Gasteiger partial charge in [0.15, 0.2) is 0 Å². The van der Waals surface area contributed by atoms with Crippen LogP contribution in [0, 0.1) is 0 Å². The van der Waals surface area contributed by atoms with E-state index in [4.69, 9.17) is 0 Å². The monoisotopic (exact) mass is 198 g/mol. The Morgan fingerprint density at radius 3 is 2.71 bits per heavy atom. The molecule has 0 amide bonds. The Morgan fingerprint density at radius 2 is 2.21 bits per heavy atom. The molecule has 2 saturated heterocycles. The predicted octanol–water partition coefficient (Wildman–Crippen LogP) is 0.584. The summed E-state index contributed by atoms with van der Waals surface area (Å²) in [5.41, 5.74) is -0.441. The van der Waals surface area contributed by atoms with Crippen LogP contribution in [0.25, 0.3) is 0 Å². The van der Waals surface area contributed by atoms with E-state index in [1.165, 1.54) is 12.8 Å². The summed E-state index contributed by atoms with van der Waals surface area (Å²) in [5, 5.41) is 13.4. The Bertz CT molecular complexity index is 197. The quantitative estimate of drug-likeness (QED) is 0.647. The molecule has 2 N–H and O–H groups in total. The number of hydrogen-bond donors (Lipinski definition) is 2. The van der Waals surface area contributed by atoms with Crippen molar-refractivity contribution in [2.75, 3.05) is 19.6 Å². The smallest absolute Gasteiger partial charge is 0.0758 e. The van der Waals surface area contributed by atoms with E-state index in [1.54, 1.807) is 0 Å². The van der Waals surface area contributed by atoms with Gasteiger partial charge in [0.05, 0.1) is 5.60 Å². The van der Waals surface area contributed by atoms with Gasteiger partial charge in [0.2, 0.25) is 0 Å². The van der Waals surface area contributed by atoms with Gasteiger partial charge in [0.1, 0.15) is 0 Å². The molecule has 2 aliphatic rings. The number of likely N-dealkylation sites (tertiary alicyclic amines) is 1. The zero-order chi connectivity index (χ0) is 10.2. The number of nitrogens with zero attached hydrogens (tertiary/aromatic N) is 1. The zero-order valence-electron chi connectivity index (χ0n) is 9.29. The number of hydrogen-bond acceptors (Lipinski definition) is 3. The van der Waals surface area contributed by atoms with Crippen molar-refractivity contribution in [2.24, 2.45) is 0 Å².